The highest BCUT2D eigenvalue weighted by atomic mass is 79.9. The van der Waals surface area contributed by atoms with Gasteiger partial charge in [-0.3, -0.25) is 0 Å². The van der Waals surface area contributed by atoms with Crippen LogP contribution in [-0.4, -0.2) is 11.2 Å². The van der Waals surface area contributed by atoms with Gasteiger partial charge in [0.05, 0.1) is 6.10 Å². The second-order valence-electron chi connectivity index (χ2n) is 4.23. The Labute approximate surface area is 103 Å². The van der Waals surface area contributed by atoms with Crippen molar-refractivity contribution in [3.05, 3.63) is 11.1 Å². The van der Waals surface area contributed by atoms with Gasteiger partial charge in [-0.2, -0.15) is 0 Å². The second-order valence-corrected chi connectivity index (χ2v) is 5.24. The molecule has 0 saturated carbocycles. The topological polar surface area (TPSA) is 20.2 Å². The van der Waals surface area contributed by atoms with Crippen LogP contribution in [0.15, 0.2) is 11.1 Å². The largest absolute Gasteiger partial charge is 0.388 e. The highest BCUT2D eigenvalue weighted by molar-refractivity contribution is 9.11. The summed E-state index contributed by atoms with van der Waals surface area (Å²) in [5.74, 6) is 0. The van der Waals surface area contributed by atoms with Gasteiger partial charge in [0.25, 0.3) is 0 Å². The van der Waals surface area contributed by atoms with Gasteiger partial charge in [0, 0.05) is 4.48 Å². The SMILES string of the molecule is C=C(Br)C(O)CCCCCCCCCC. The first-order valence-electron chi connectivity index (χ1n) is 6.20. The molecule has 0 aromatic carbocycles. The van der Waals surface area contributed by atoms with E-state index in [1.807, 2.05) is 0 Å². The molecule has 0 heterocycles. The van der Waals surface area contributed by atoms with E-state index < -0.39 is 0 Å². The maximum atomic E-state index is 9.45. The lowest BCUT2D eigenvalue weighted by atomic mass is 10.1. The molecule has 0 aromatic rings. The van der Waals surface area contributed by atoms with E-state index >= 15 is 0 Å². The zero-order chi connectivity index (χ0) is 11.5. The van der Waals surface area contributed by atoms with E-state index in [-0.39, 0.29) is 6.10 Å². The molecule has 1 nitrogen and oxygen atoms in total. The van der Waals surface area contributed by atoms with E-state index in [0.29, 0.717) is 4.48 Å². The first kappa shape index (κ1) is 15.2. The molecule has 0 bridgehead atoms. The summed E-state index contributed by atoms with van der Waals surface area (Å²) in [6, 6.07) is 0. The predicted octanol–water partition coefficient (Wildman–Crippen LogP) is 4.79. The van der Waals surface area contributed by atoms with Crippen molar-refractivity contribution in [2.24, 2.45) is 0 Å². The molecule has 0 rings (SSSR count). The minimum absolute atomic E-state index is 0.356. The van der Waals surface area contributed by atoms with Gasteiger partial charge in [-0.05, 0) is 6.42 Å². The molecule has 0 fully saturated rings. The number of aliphatic hydroxyl groups is 1. The zero-order valence-electron chi connectivity index (χ0n) is 9.97. The summed E-state index contributed by atoms with van der Waals surface area (Å²) in [7, 11) is 0. The number of rotatable bonds is 10. The maximum absolute atomic E-state index is 9.45. The van der Waals surface area contributed by atoms with Crippen molar-refractivity contribution in [3.8, 4) is 0 Å². The van der Waals surface area contributed by atoms with Crippen LogP contribution in [0.3, 0.4) is 0 Å². The Morgan fingerprint density at radius 3 is 2.00 bits per heavy atom. The first-order chi connectivity index (χ1) is 7.18. The van der Waals surface area contributed by atoms with Crippen molar-refractivity contribution >= 4 is 15.9 Å². The van der Waals surface area contributed by atoms with Gasteiger partial charge >= 0.3 is 0 Å². The number of hydrogen-bond acceptors (Lipinski definition) is 1. The Bertz CT molecular complexity index is 157. The third-order valence-electron chi connectivity index (χ3n) is 2.69. The summed E-state index contributed by atoms with van der Waals surface area (Å²) in [5.41, 5.74) is 0. The predicted molar refractivity (Wildman–Crippen MR) is 71.3 cm³/mol. The van der Waals surface area contributed by atoms with Crippen LogP contribution in [0.1, 0.15) is 64.7 Å². The fourth-order valence-corrected chi connectivity index (χ4v) is 1.86. The normalized spacial score (nSPS) is 12.7. The Kier molecular flexibility index (Phi) is 10.8. The van der Waals surface area contributed by atoms with Gasteiger partial charge in [-0.25, -0.2) is 0 Å². The van der Waals surface area contributed by atoms with Gasteiger partial charge in [-0.15, -0.1) is 0 Å². The Balaban J connectivity index is 3.08. The van der Waals surface area contributed by atoms with E-state index in [2.05, 4.69) is 29.4 Å². The second kappa shape index (κ2) is 10.7. The Morgan fingerprint density at radius 2 is 1.53 bits per heavy atom. The minimum Gasteiger partial charge on any atom is -0.388 e. The zero-order valence-corrected chi connectivity index (χ0v) is 11.6. The summed E-state index contributed by atoms with van der Waals surface area (Å²) in [5, 5.41) is 9.45. The van der Waals surface area contributed by atoms with Crippen molar-refractivity contribution in [2.75, 3.05) is 0 Å². The fourth-order valence-electron chi connectivity index (χ4n) is 1.63. The van der Waals surface area contributed by atoms with Crippen molar-refractivity contribution in [1.29, 1.82) is 0 Å². The summed E-state index contributed by atoms with van der Waals surface area (Å²) < 4.78 is 0.713. The summed E-state index contributed by atoms with van der Waals surface area (Å²) in [6.45, 7) is 5.92. The molecular formula is C13H25BrO. The third-order valence-corrected chi connectivity index (χ3v) is 3.22. The van der Waals surface area contributed by atoms with E-state index in [1.54, 1.807) is 0 Å². The molecule has 0 radical (unpaired) electrons. The molecule has 1 unspecified atom stereocenters. The molecule has 0 aliphatic heterocycles. The fraction of sp³-hybridized carbons (Fsp3) is 0.846. The molecular weight excluding hydrogens is 252 g/mol. The molecule has 0 amide bonds. The summed E-state index contributed by atoms with van der Waals surface area (Å²) in [4.78, 5) is 0. The van der Waals surface area contributed by atoms with Crippen molar-refractivity contribution in [3.63, 3.8) is 0 Å². The Hall–Kier alpha value is 0.180. The van der Waals surface area contributed by atoms with Gasteiger partial charge < -0.3 is 5.11 Å². The van der Waals surface area contributed by atoms with Gasteiger partial charge in [0.15, 0.2) is 0 Å². The van der Waals surface area contributed by atoms with Crippen molar-refractivity contribution in [1.82, 2.24) is 0 Å². The van der Waals surface area contributed by atoms with Crippen LogP contribution in [0.25, 0.3) is 0 Å². The van der Waals surface area contributed by atoms with E-state index in [1.165, 1.54) is 44.9 Å². The number of hydrogen-bond donors (Lipinski definition) is 1. The number of unbranched alkanes of at least 4 members (excludes halogenated alkanes) is 7. The maximum Gasteiger partial charge on any atom is 0.0848 e. The van der Waals surface area contributed by atoms with Crippen LogP contribution < -0.4 is 0 Å². The summed E-state index contributed by atoms with van der Waals surface area (Å²) in [6.07, 6.45) is 11.0. The molecule has 0 spiro atoms. The Morgan fingerprint density at radius 1 is 1.07 bits per heavy atom. The molecule has 90 valence electrons. The molecule has 1 N–H and O–H groups in total. The lowest BCUT2D eigenvalue weighted by Crippen LogP contribution is -2.04. The average Bonchev–Trinajstić information content (AvgIpc) is 2.21. The average molecular weight is 277 g/mol. The summed E-state index contributed by atoms with van der Waals surface area (Å²) >= 11 is 3.21. The van der Waals surface area contributed by atoms with Crippen LogP contribution in [0.4, 0.5) is 0 Å². The molecule has 0 aromatic heterocycles. The third kappa shape index (κ3) is 10.5. The molecule has 0 aliphatic carbocycles. The number of halogens is 1. The highest BCUT2D eigenvalue weighted by Crippen LogP contribution is 2.15. The van der Waals surface area contributed by atoms with Crippen LogP contribution in [-0.2, 0) is 0 Å². The highest BCUT2D eigenvalue weighted by Gasteiger charge is 2.04. The smallest absolute Gasteiger partial charge is 0.0848 e. The van der Waals surface area contributed by atoms with E-state index in [4.69, 9.17) is 0 Å². The van der Waals surface area contributed by atoms with Gasteiger partial charge in [-0.1, -0.05) is 80.8 Å². The van der Waals surface area contributed by atoms with Crippen molar-refractivity contribution in [2.45, 2.75) is 70.8 Å². The quantitative estimate of drug-likeness (QED) is 0.569. The van der Waals surface area contributed by atoms with Gasteiger partial charge in [0.2, 0.25) is 0 Å². The lowest BCUT2D eigenvalue weighted by molar-refractivity contribution is 0.205. The molecule has 1 atom stereocenters. The molecule has 15 heavy (non-hydrogen) atoms. The molecule has 2 heteroatoms. The van der Waals surface area contributed by atoms with Crippen LogP contribution in [0, 0.1) is 0 Å². The molecule has 0 aliphatic rings. The lowest BCUT2D eigenvalue weighted by Gasteiger charge is -2.07. The standard InChI is InChI=1S/C13H25BrO/c1-3-4-5-6-7-8-9-10-11-13(15)12(2)14/h13,15H,2-11H2,1H3. The van der Waals surface area contributed by atoms with Crippen LogP contribution in [0.2, 0.25) is 0 Å². The molecule has 0 saturated heterocycles. The van der Waals surface area contributed by atoms with Crippen LogP contribution >= 0.6 is 15.9 Å². The monoisotopic (exact) mass is 276 g/mol. The van der Waals surface area contributed by atoms with E-state index in [0.717, 1.165) is 12.8 Å². The number of aliphatic hydroxyl groups excluding tert-OH is 1. The van der Waals surface area contributed by atoms with Gasteiger partial charge in [0.1, 0.15) is 0 Å². The van der Waals surface area contributed by atoms with Crippen LogP contribution in [0.5, 0.6) is 0 Å². The minimum atomic E-state index is -0.356. The van der Waals surface area contributed by atoms with Crippen molar-refractivity contribution < 1.29 is 5.11 Å². The van der Waals surface area contributed by atoms with E-state index in [9.17, 15) is 5.11 Å². The first-order valence-corrected chi connectivity index (χ1v) is 7.00.